The zero-order valence-corrected chi connectivity index (χ0v) is 7.55. The largest absolute Gasteiger partial charge is 0.464 e. The Kier molecular flexibility index (Phi) is 7.02. The lowest BCUT2D eigenvalue weighted by molar-refractivity contribution is 0.194. The highest BCUT2D eigenvalue weighted by Gasteiger charge is 1.87. The molecule has 0 atom stereocenters. The summed E-state index contributed by atoms with van der Waals surface area (Å²) in [6, 6.07) is 5.68. The Balaban J connectivity index is 0.000000292. The van der Waals surface area contributed by atoms with E-state index >= 15 is 0 Å². The smallest absolute Gasteiger partial charge is 0.418 e. The standard InChI is InChI=1S/C7H9NO.CH4N2O2/c9-6-4-7-3-1-2-5-8-7;2-3-1(4)5/h1-3,5,9H,4,6H2;3H,2H2,(H,4,5). The molecular weight excluding hydrogens is 186 g/mol. The van der Waals surface area contributed by atoms with Crippen molar-refractivity contribution in [3.05, 3.63) is 30.1 Å². The van der Waals surface area contributed by atoms with E-state index in [9.17, 15) is 0 Å². The average molecular weight is 199 g/mol. The first-order chi connectivity index (χ1) is 6.70. The first-order valence-corrected chi connectivity index (χ1v) is 3.91. The number of nitrogens with two attached hydrogens (primary N) is 1. The lowest BCUT2D eigenvalue weighted by atomic mass is 10.3. The number of aliphatic hydroxyl groups excluding tert-OH is 1. The van der Waals surface area contributed by atoms with Crippen molar-refractivity contribution in [2.75, 3.05) is 6.61 Å². The SMILES string of the molecule is NNC(=O)O.OCCc1ccccn1. The lowest BCUT2D eigenvalue weighted by Crippen LogP contribution is -2.27. The average Bonchev–Trinajstić information content (AvgIpc) is 2.21. The second kappa shape index (κ2) is 7.96. The van der Waals surface area contributed by atoms with Crippen LogP contribution < -0.4 is 11.3 Å². The Morgan fingerprint density at radius 3 is 2.57 bits per heavy atom. The van der Waals surface area contributed by atoms with E-state index in [0.717, 1.165) is 5.69 Å². The molecule has 0 saturated heterocycles. The van der Waals surface area contributed by atoms with E-state index in [4.69, 9.17) is 15.0 Å². The number of hydrogen-bond donors (Lipinski definition) is 4. The van der Waals surface area contributed by atoms with Crippen LogP contribution in [-0.2, 0) is 6.42 Å². The van der Waals surface area contributed by atoms with Gasteiger partial charge in [0, 0.05) is 24.9 Å². The number of amides is 1. The minimum absolute atomic E-state index is 0.178. The van der Waals surface area contributed by atoms with Crippen molar-refractivity contribution in [1.82, 2.24) is 10.4 Å². The van der Waals surface area contributed by atoms with Gasteiger partial charge in [-0.3, -0.25) is 10.4 Å². The molecule has 5 N–H and O–H groups in total. The summed E-state index contributed by atoms with van der Waals surface area (Å²) in [7, 11) is 0. The van der Waals surface area contributed by atoms with Gasteiger partial charge in [0.15, 0.2) is 0 Å². The summed E-state index contributed by atoms with van der Waals surface area (Å²) in [5, 5.41) is 16.0. The molecule has 0 aliphatic rings. The number of carbonyl (C=O) groups is 1. The van der Waals surface area contributed by atoms with Crippen molar-refractivity contribution in [2.24, 2.45) is 5.84 Å². The number of rotatable bonds is 2. The summed E-state index contributed by atoms with van der Waals surface area (Å²) in [5.41, 5.74) is 2.39. The third kappa shape index (κ3) is 7.01. The van der Waals surface area contributed by atoms with Gasteiger partial charge in [-0.2, -0.15) is 0 Å². The molecule has 14 heavy (non-hydrogen) atoms. The van der Waals surface area contributed by atoms with Crippen LogP contribution in [0.15, 0.2) is 24.4 Å². The Bertz CT molecular complexity index is 253. The molecule has 0 aliphatic carbocycles. The fraction of sp³-hybridized carbons (Fsp3) is 0.250. The van der Waals surface area contributed by atoms with Crippen LogP contribution in [0, 0.1) is 0 Å². The molecule has 0 aromatic carbocycles. The number of nitrogens with zero attached hydrogens (tertiary/aromatic N) is 1. The van der Waals surface area contributed by atoms with Crippen LogP contribution in [0.3, 0.4) is 0 Å². The normalized spacial score (nSPS) is 8.43. The maximum atomic E-state index is 9.13. The van der Waals surface area contributed by atoms with Crippen LogP contribution in [0.2, 0.25) is 0 Å². The van der Waals surface area contributed by atoms with Crippen LogP contribution >= 0.6 is 0 Å². The molecule has 0 spiro atoms. The summed E-state index contributed by atoms with van der Waals surface area (Å²) in [6.07, 6.45) is 1.16. The molecular formula is C8H13N3O3. The lowest BCUT2D eigenvalue weighted by Gasteiger charge is -1.92. The van der Waals surface area contributed by atoms with E-state index in [0.29, 0.717) is 6.42 Å². The Labute approximate surface area is 81.4 Å². The van der Waals surface area contributed by atoms with Crippen molar-refractivity contribution in [3.8, 4) is 0 Å². The molecule has 6 nitrogen and oxygen atoms in total. The summed E-state index contributed by atoms with van der Waals surface area (Å²) in [4.78, 5) is 13.1. The number of hydrogen-bond acceptors (Lipinski definition) is 4. The monoisotopic (exact) mass is 199 g/mol. The second-order valence-corrected chi connectivity index (χ2v) is 2.24. The van der Waals surface area contributed by atoms with Crippen LogP contribution in [0.4, 0.5) is 4.79 Å². The van der Waals surface area contributed by atoms with Crippen LogP contribution in [0.1, 0.15) is 5.69 Å². The number of pyridine rings is 1. The van der Waals surface area contributed by atoms with Crippen LogP contribution in [-0.4, -0.2) is 27.9 Å². The minimum Gasteiger partial charge on any atom is -0.464 e. The maximum absolute atomic E-state index is 9.13. The predicted octanol–water partition coefficient (Wildman–Crippen LogP) is -0.256. The highest BCUT2D eigenvalue weighted by atomic mass is 16.4. The summed E-state index contributed by atoms with van der Waals surface area (Å²) >= 11 is 0. The van der Waals surface area contributed by atoms with E-state index in [1.165, 1.54) is 5.43 Å². The van der Waals surface area contributed by atoms with Gasteiger partial charge >= 0.3 is 6.09 Å². The van der Waals surface area contributed by atoms with E-state index in [-0.39, 0.29) is 6.61 Å². The molecule has 1 aromatic heterocycles. The molecule has 0 fully saturated rings. The van der Waals surface area contributed by atoms with Crippen molar-refractivity contribution in [1.29, 1.82) is 0 Å². The van der Waals surface area contributed by atoms with Gasteiger partial charge in [-0.25, -0.2) is 10.6 Å². The molecule has 1 rings (SSSR count). The Morgan fingerprint density at radius 1 is 1.57 bits per heavy atom. The highest BCUT2D eigenvalue weighted by molar-refractivity contribution is 5.63. The van der Waals surface area contributed by atoms with E-state index in [1.807, 2.05) is 18.2 Å². The van der Waals surface area contributed by atoms with Crippen molar-refractivity contribution >= 4 is 6.09 Å². The van der Waals surface area contributed by atoms with Gasteiger partial charge in [0.25, 0.3) is 0 Å². The molecule has 0 radical (unpaired) electrons. The van der Waals surface area contributed by atoms with Gasteiger partial charge in [0.2, 0.25) is 0 Å². The molecule has 6 heteroatoms. The van der Waals surface area contributed by atoms with Gasteiger partial charge in [0.05, 0.1) is 0 Å². The van der Waals surface area contributed by atoms with Gasteiger partial charge in [-0.1, -0.05) is 6.07 Å². The Morgan fingerprint density at radius 2 is 2.21 bits per heavy atom. The van der Waals surface area contributed by atoms with Crippen LogP contribution in [0.5, 0.6) is 0 Å². The highest BCUT2D eigenvalue weighted by Crippen LogP contribution is 1.91. The molecule has 1 aromatic rings. The van der Waals surface area contributed by atoms with E-state index < -0.39 is 6.09 Å². The third-order valence-electron chi connectivity index (χ3n) is 1.22. The molecule has 0 saturated carbocycles. The van der Waals surface area contributed by atoms with E-state index in [2.05, 4.69) is 10.8 Å². The molecule has 1 amide bonds. The third-order valence-corrected chi connectivity index (χ3v) is 1.22. The summed E-state index contributed by atoms with van der Waals surface area (Å²) < 4.78 is 0. The number of aliphatic hydroxyl groups is 1. The quantitative estimate of drug-likeness (QED) is 0.298. The molecule has 78 valence electrons. The minimum atomic E-state index is -1.22. The number of hydrazine groups is 1. The predicted molar refractivity (Wildman–Crippen MR) is 50.4 cm³/mol. The number of carboxylic acid groups (broad SMARTS) is 1. The number of aromatic nitrogens is 1. The van der Waals surface area contributed by atoms with Gasteiger partial charge < -0.3 is 10.2 Å². The Hall–Kier alpha value is -1.66. The van der Waals surface area contributed by atoms with Crippen LogP contribution in [0.25, 0.3) is 0 Å². The summed E-state index contributed by atoms with van der Waals surface area (Å²) in [6.45, 7) is 0.178. The van der Waals surface area contributed by atoms with Gasteiger partial charge in [0.1, 0.15) is 0 Å². The van der Waals surface area contributed by atoms with Crippen molar-refractivity contribution in [2.45, 2.75) is 6.42 Å². The van der Waals surface area contributed by atoms with Crippen molar-refractivity contribution in [3.63, 3.8) is 0 Å². The van der Waals surface area contributed by atoms with Gasteiger partial charge in [-0.15, -0.1) is 0 Å². The molecule has 0 aliphatic heterocycles. The van der Waals surface area contributed by atoms with Crippen molar-refractivity contribution < 1.29 is 15.0 Å². The zero-order chi connectivity index (χ0) is 10.8. The fourth-order valence-electron chi connectivity index (χ4n) is 0.661. The van der Waals surface area contributed by atoms with Gasteiger partial charge in [-0.05, 0) is 12.1 Å². The van der Waals surface area contributed by atoms with E-state index in [1.54, 1.807) is 6.20 Å². The second-order valence-electron chi connectivity index (χ2n) is 2.24. The molecule has 0 unspecified atom stereocenters. The molecule has 0 bridgehead atoms. The molecule has 1 heterocycles. The number of nitrogens with one attached hydrogen (secondary N) is 1. The maximum Gasteiger partial charge on any atom is 0.418 e. The fourth-order valence-corrected chi connectivity index (χ4v) is 0.661. The first kappa shape index (κ1) is 12.3. The summed E-state index contributed by atoms with van der Waals surface area (Å²) in [5.74, 6) is 4.32. The zero-order valence-electron chi connectivity index (χ0n) is 7.55. The topological polar surface area (TPSA) is 108 Å². The first-order valence-electron chi connectivity index (χ1n) is 3.91.